The molecule has 0 aliphatic rings. The summed E-state index contributed by atoms with van der Waals surface area (Å²) in [6.45, 7) is 2.61. The molecular formula is C12H10F3NO. The fraction of sp³-hybridized carbons (Fsp3) is 0.333. The van der Waals surface area contributed by atoms with Crippen molar-refractivity contribution in [3.8, 4) is 6.07 Å². The zero-order valence-electron chi connectivity index (χ0n) is 9.35. The Hall–Kier alpha value is -1.83. The lowest BCUT2D eigenvalue weighted by Crippen LogP contribution is -2.15. The van der Waals surface area contributed by atoms with Crippen LogP contribution in [-0.4, -0.2) is 5.78 Å². The molecule has 0 fully saturated rings. The highest BCUT2D eigenvalue weighted by molar-refractivity contribution is 5.96. The molecule has 0 saturated heterocycles. The monoisotopic (exact) mass is 241 g/mol. The van der Waals surface area contributed by atoms with E-state index in [-0.39, 0.29) is 17.5 Å². The van der Waals surface area contributed by atoms with Gasteiger partial charge in [-0.15, -0.1) is 0 Å². The maximum atomic E-state index is 12.9. The minimum absolute atomic E-state index is 0.0262. The van der Waals surface area contributed by atoms with Crippen LogP contribution >= 0.6 is 0 Å². The van der Waals surface area contributed by atoms with Crippen LogP contribution in [0.2, 0.25) is 0 Å². The number of carbonyl (C=O) groups excluding carboxylic acids is 1. The maximum Gasteiger partial charge on any atom is 0.417 e. The summed E-state index contributed by atoms with van der Waals surface area (Å²) in [5.41, 5.74) is -1.32. The van der Waals surface area contributed by atoms with Crippen LogP contribution in [0.4, 0.5) is 13.2 Å². The molecule has 1 aromatic rings. The normalized spacial score (nSPS) is 11.1. The first-order valence-electron chi connectivity index (χ1n) is 4.96. The smallest absolute Gasteiger partial charge is 0.294 e. The molecular weight excluding hydrogens is 231 g/mol. The Morgan fingerprint density at radius 2 is 2.00 bits per heavy atom. The lowest BCUT2D eigenvalue weighted by atomic mass is 9.94. The second-order valence-corrected chi connectivity index (χ2v) is 3.58. The van der Waals surface area contributed by atoms with E-state index in [1.165, 1.54) is 6.07 Å². The fourth-order valence-electron chi connectivity index (χ4n) is 1.66. The van der Waals surface area contributed by atoms with Crippen molar-refractivity contribution in [1.82, 2.24) is 0 Å². The average Bonchev–Trinajstić information content (AvgIpc) is 2.25. The summed E-state index contributed by atoms with van der Waals surface area (Å²) < 4.78 is 38.6. The van der Waals surface area contributed by atoms with Crippen molar-refractivity contribution < 1.29 is 18.0 Å². The summed E-state index contributed by atoms with van der Waals surface area (Å²) in [5, 5.41) is 8.71. The standard InChI is InChI=1S/C12H10F3NO/c1-3-9-4-8(6-16)5-10(7(2)17)11(9)12(13,14)15/h4-5H,3H2,1-2H3. The largest absolute Gasteiger partial charge is 0.417 e. The molecule has 0 radical (unpaired) electrons. The molecule has 0 saturated carbocycles. The first-order valence-corrected chi connectivity index (χ1v) is 4.96. The van der Waals surface area contributed by atoms with Crippen LogP contribution in [0.1, 0.15) is 40.9 Å². The highest BCUT2D eigenvalue weighted by atomic mass is 19.4. The number of alkyl halides is 3. The third kappa shape index (κ3) is 2.64. The van der Waals surface area contributed by atoms with Gasteiger partial charge in [0.25, 0.3) is 0 Å². The number of hydrogen-bond donors (Lipinski definition) is 0. The van der Waals surface area contributed by atoms with Crippen LogP contribution in [0.15, 0.2) is 12.1 Å². The number of rotatable bonds is 2. The van der Waals surface area contributed by atoms with Gasteiger partial charge in [-0.3, -0.25) is 4.79 Å². The number of nitriles is 1. The highest BCUT2D eigenvalue weighted by Gasteiger charge is 2.37. The van der Waals surface area contributed by atoms with Crippen molar-refractivity contribution in [3.63, 3.8) is 0 Å². The van der Waals surface area contributed by atoms with Gasteiger partial charge in [0, 0.05) is 5.56 Å². The summed E-state index contributed by atoms with van der Waals surface area (Å²) in [6.07, 6.45) is -4.47. The molecule has 0 heterocycles. The number of hydrogen-bond acceptors (Lipinski definition) is 2. The highest BCUT2D eigenvalue weighted by Crippen LogP contribution is 2.36. The van der Waals surface area contributed by atoms with Crippen molar-refractivity contribution in [2.75, 3.05) is 0 Å². The van der Waals surface area contributed by atoms with Gasteiger partial charge in [0.1, 0.15) is 0 Å². The van der Waals surface area contributed by atoms with E-state index < -0.39 is 23.1 Å². The van der Waals surface area contributed by atoms with Gasteiger partial charge in [-0.25, -0.2) is 0 Å². The summed E-state index contributed by atoms with van der Waals surface area (Å²) in [6, 6.07) is 3.92. The van der Waals surface area contributed by atoms with Gasteiger partial charge < -0.3 is 0 Å². The molecule has 1 aromatic carbocycles. The van der Waals surface area contributed by atoms with E-state index in [4.69, 9.17) is 5.26 Å². The van der Waals surface area contributed by atoms with Crippen molar-refractivity contribution >= 4 is 5.78 Å². The molecule has 5 heteroatoms. The summed E-state index contributed by atoms with van der Waals surface area (Å²) in [4.78, 5) is 11.2. The molecule has 0 atom stereocenters. The maximum absolute atomic E-state index is 12.9. The van der Waals surface area contributed by atoms with Crippen LogP contribution in [0.25, 0.3) is 0 Å². The third-order valence-corrected chi connectivity index (χ3v) is 2.39. The molecule has 0 aliphatic heterocycles. The molecule has 0 spiro atoms. The number of ketones is 1. The average molecular weight is 241 g/mol. The minimum atomic E-state index is -4.58. The minimum Gasteiger partial charge on any atom is -0.294 e. The molecule has 0 aliphatic carbocycles. The number of nitrogens with zero attached hydrogens (tertiary/aromatic N) is 1. The van der Waals surface area contributed by atoms with Crippen molar-refractivity contribution in [1.29, 1.82) is 5.26 Å². The topological polar surface area (TPSA) is 40.9 Å². The predicted octanol–water partition coefficient (Wildman–Crippen LogP) is 3.34. The van der Waals surface area contributed by atoms with Crippen LogP contribution in [0.3, 0.4) is 0 Å². The fourth-order valence-corrected chi connectivity index (χ4v) is 1.66. The third-order valence-electron chi connectivity index (χ3n) is 2.39. The van der Waals surface area contributed by atoms with E-state index in [1.807, 2.05) is 0 Å². The lowest BCUT2D eigenvalue weighted by molar-refractivity contribution is -0.138. The Labute approximate surface area is 96.7 Å². The summed E-state index contributed by atoms with van der Waals surface area (Å²) >= 11 is 0. The zero-order valence-corrected chi connectivity index (χ0v) is 9.35. The molecule has 90 valence electrons. The zero-order chi connectivity index (χ0) is 13.2. The predicted molar refractivity (Wildman–Crippen MR) is 55.5 cm³/mol. The molecule has 1 rings (SSSR count). The Kier molecular flexibility index (Phi) is 3.56. The van der Waals surface area contributed by atoms with Crippen molar-refractivity contribution in [3.05, 3.63) is 34.4 Å². The number of halogens is 3. The van der Waals surface area contributed by atoms with Crippen molar-refractivity contribution in [2.45, 2.75) is 26.4 Å². The van der Waals surface area contributed by atoms with Gasteiger partial charge >= 0.3 is 6.18 Å². The Balaban J connectivity index is 3.66. The Bertz CT molecular complexity index is 498. The number of benzene rings is 1. The number of Topliss-reactive ketones (excluding diaryl/α,β-unsaturated/α-hetero) is 1. The van der Waals surface area contributed by atoms with Crippen LogP contribution in [-0.2, 0) is 12.6 Å². The summed E-state index contributed by atoms with van der Waals surface area (Å²) in [5.74, 6) is -0.691. The van der Waals surface area contributed by atoms with Crippen LogP contribution in [0, 0.1) is 11.3 Å². The van der Waals surface area contributed by atoms with E-state index >= 15 is 0 Å². The molecule has 2 nitrogen and oxygen atoms in total. The summed E-state index contributed by atoms with van der Waals surface area (Å²) in [7, 11) is 0. The Morgan fingerprint density at radius 1 is 1.41 bits per heavy atom. The second-order valence-electron chi connectivity index (χ2n) is 3.58. The molecule has 0 bridgehead atoms. The Morgan fingerprint density at radius 3 is 2.35 bits per heavy atom. The molecule has 0 unspecified atom stereocenters. The second kappa shape index (κ2) is 4.58. The van der Waals surface area contributed by atoms with E-state index in [1.54, 1.807) is 13.0 Å². The van der Waals surface area contributed by atoms with Crippen LogP contribution in [0.5, 0.6) is 0 Å². The van der Waals surface area contributed by atoms with E-state index in [9.17, 15) is 18.0 Å². The van der Waals surface area contributed by atoms with Gasteiger partial charge in [-0.1, -0.05) is 6.92 Å². The number of carbonyl (C=O) groups is 1. The SMILES string of the molecule is CCc1cc(C#N)cc(C(C)=O)c1C(F)(F)F. The van der Waals surface area contributed by atoms with Gasteiger partial charge in [-0.2, -0.15) is 18.4 Å². The van der Waals surface area contributed by atoms with E-state index in [0.717, 1.165) is 13.0 Å². The van der Waals surface area contributed by atoms with E-state index in [0.29, 0.717) is 0 Å². The van der Waals surface area contributed by atoms with Crippen molar-refractivity contribution in [2.24, 2.45) is 0 Å². The van der Waals surface area contributed by atoms with Gasteiger partial charge in [-0.05, 0) is 31.0 Å². The van der Waals surface area contributed by atoms with E-state index in [2.05, 4.69) is 0 Å². The lowest BCUT2D eigenvalue weighted by Gasteiger charge is -2.15. The molecule has 0 amide bonds. The quantitative estimate of drug-likeness (QED) is 0.745. The number of aryl methyl sites for hydroxylation is 1. The molecule has 17 heavy (non-hydrogen) atoms. The van der Waals surface area contributed by atoms with Gasteiger partial charge in [0.2, 0.25) is 0 Å². The van der Waals surface area contributed by atoms with Crippen LogP contribution < -0.4 is 0 Å². The first kappa shape index (κ1) is 13.2. The van der Waals surface area contributed by atoms with Gasteiger partial charge in [0.15, 0.2) is 5.78 Å². The first-order chi connectivity index (χ1) is 7.81. The molecule has 0 aromatic heterocycles. The molecule has 0 N–H and O–H groups in total. The van der Waals surface area contributed by atoms with Gasteiger partial charge in [0.05, 0.1) is 17.2 Å².